The number of aliphatic hydroxyl groups excluding tert-OH is 1. The van der Waals surface area contributed by atoms with Gasteiger partial charge in [0.2, 0.25) is 5.91 Å². The Balaban J connectivity index is 2.71. The van der Waals surface area contributed by atoms with E-state index in [4.69, 9.17) is 16.7 Å². The molecule has 18 heavy (non-hydrogen) atoms. The van der Waals surface area contributed by atoms with Gasteiger partial charge in [-0.3, -0.25) is 4.79 Å². The average molecular weight is 270 g/mol. The largest absolute Gasteiger partial charge is 0.396 e. The predicted molar refractivity (Wildman–Crippen MR) is 73.5 cm³/mol. The fourth-order valence-corrected chi connectivity index (χ4v) is 1.98. The molecular formula is C14H20ClNO2. The third-order valence-electron chi connectivity index (χ3n) is 2.73. The van der Waals surface area contributed by atoms with Crippen molar-refractivity contribution in [2.24, 2.45) is 0 Å². The van der Waals surface area contributed by atoms with Crippen LogP contribution in [0, 0.1) is 0 Å². The van der Waals surface area contributed by atoms with Crippen molar-refractivity contribution < 1.29 is 9.90 Å². The molecule has 0 aliphatic carbocycles. The summed E-state index contributed by atoms with van der Waals surface area (Å²) in [7, 11) is 0. The number of amides is 1. The maximum Gasteiger partial charge on any atom is 0.223 e. The molecule has 1 amide bonds. The second-order valence-electron chi connectivity index (χ2n) is 4.57. The Hall–Kier alpha value is -1.06. The highest BCUT2D eigenvalue weighted by Gasteiger charge is 2.16. The summed E-state index contributed by atoms with van der Waals surface area (Å²) < 4.78 is 0. The summed E-state index contributed by atoms with van der Waals surface area (Å²) in [5.74, 6) is 0.0685. The minimum Gasteiger partial charge on any atom is -0.396 e. The van der Waals surface area contributed by atoms with E-state index in [9.17, 15) is 4.79 Å². The summed E-state index contributed by atoms with van der Waals surface area (Å²) in [6.45, 7) is 4.58. The topological polar surface area (TPSA) is 40.5 Å². The van der Waals surface area contributed by atoms with Gasteiger partial charge in [0.25, 0.3) is 0 Å². The lowest BCUT2D eigenvalue weighted by Gasteiger charge is -2.27. The van der Waals surface area contributed by atoms with E-state index in [0.29, 0.717) is 24.4 Å². The number of rotatable bonds is 6. The van der Waals surface area contributed by atoms with Crippen molar-refractivity contribution in [3.63, 3.8) is 0 Å². The van der Waals surface area contributed by atoms with Crippen LogP contribution in [-0.2, 0) is 11.3 Å². The molecule has 0 unspecified atom stereocenters. The Morgan fingerprint density at radius 3 is 2.72 bits per heavy atom. The molecule has 1 aromatic carbocycles. The fraction of sp³-hybridized carbons (Fsp3) is 0.500. The highest BCUT2D eigenvalue weighted by atomic mass is 35.5. The fourth-order valence-electron chi connectivity index (χ4n) is 1.76. The number of hydrogen-bond donors (Lipinski definition) is 1. The van der Waals surface area contributed by atoms with E-state index in [2.05, 4.69) is 0 Å². The van der Waals surface area contributed by atoms with Gasteiger partial charge >= 0.3 is 0 Å². The maximum absolute atomic E-state index is 12.0. The quantitative estimate of drug-likeness (QED) is 0.863. The number of halogens is 1. The first-order chi connectivity index (χ1) is 8.54. The van der Waals surface area contributed by atoms with Crippen molar-refractivity contribution in [2.45, 2.75) is 39.3 Å². The van der Waals surface area contributed by atoms with Crippen LogP contribution >= 0.6 is 11.6 Å². The number of hydrogen-bond acceptors (Lipinski definition) is 2. The number of carbonyl (C=O) groups is 1. The van der Waals surface area contributed by atoms with Crippen LogP contribution in [0.15, 0.2) is 24.3 Å². The van der Waals surface area contributed by atoms with Crippen LogP contribution in [0.1, 0.15) is 32.3 Å². The third kappa shape index (κ3) is 4.67. The number of aliphatic hydroxyl groups is 1. The van der Waals surface area contributed by atoms with Crippen molar-refractivity contribution in [1.82, 2.24) is 4.90 Å². The molecule has 0 aromatic heterocycles. The Labute approximate surface area is 113 Å². The zero-order chi connectivity index (χ0) is 13.5. The van der Waals surface area contributed by atoms with E-state index >= 15 is 0 Å². The molecule has 3 nitrogen and oxygen atoms in total. The molecule has 0 atom stereocenters. The van der Waals surface area contributed by atoms with Gasteiger partial charge in [-0.2, -0.15) is 0 Å². The van der Waals surface area contributed by atoms with Crippen LogP contribution in [0.2, 0.25) is 5.02 Å². The Morgan fingerprint density at radius 2 is 2.17 bits per heavy atom. The summed E-state index contributed by atoms with van der Waals surface area (Å²) in [6.07, 6.45) is 0.896. The summed E-state index contributed by atoms with van der Waals surface area (Å²) in [6, 6.07) is 7.67. The smallest absolute Gasteiger partial charge is 0.223 e. The van der Waals surface area contributed by atoms with Crippen LogP contribution in [0.5, 0.6) is 0 Å². The highest BCUT2D eigenvalue weighted by Crippen LogP contribution is 2.15. The first-order valence-corrected chi connectivity index (χ1v) is 6.57. The average Bonchev–Trinajstić information content (AvgIpc) is 2.32. The molecule has 1 rings (SSSR count). The normalized spacial score (nSPS) is 10.7. The molecule has 1 aromatic rings. The molecule has 4 heteroatoms. The van der Waals surface area contributed by atoms with Crippen molar-refractivity contribution in [1.29, 1.82) is 0 Å². The molecule has 0 aliphatic rings. The minimum absolute atomic E-state index is 0.0504. The summed E-state index contributed by atoms with van der Waals surface area (Å²) in [5, 5.41) is 9.45. The van der Waals surface area contributed by atoms with Gasteiger partial charge in [-0.25, -0.2) is 0 Å². The number of carbonyl (C=O) groups excluding carboxylic acids is 1. The van der Waals surface area contributed by atoms with Crippen LogP contribution in [0.4, 0.5) is 0 Å². The molecule has 1 N–H and O–H groups in total. The first kappa shape index (κ1) is 15.0. The third-order valence-corrected chi connectivity index (χ3v) is 2.97. The van der Waals surface area contributed by atoms with Crippen molar-refractivity contribution in [3.8, 4) is 0 Å². The first-order valence-electron chi connectivity index (χ1n) is 6.19. The highest BCUT2D eigenvalue weighted by molar-refractivity contribution is 6.30. The molecule has 100 valence electrons. The lowest BCUT2D eigenvalue weighted by atomic mass is 10.1. The molecule has 0 saturated carbocycles. The zero-order valence-corrected chi connectivity index (χ0v) is 11.7. The number of nitrogens with zero attached hydrogens (tertiary/aromatic N) is 1. The van der Waals surface area contributed by atoms with Gasteiger partial charge in [0, 0.05) is 30.6 Å². The van der Waals surface area contributed by atoms with Crippen LogP contribution in [0.3, 0.4) is 0 Å². The van der Waals surface area contributed by atoms with Gasteiger partial charge in [-0.1, -0.05) is 23.7 Å². The maximum atomic E-state index is 12.0. The van der Waals surface area contributed by atoms with Gasteiger partial charge in [-0.15, -0.1) is 0 Å². The minimum atomic E-state index is 0.0504. The standard InChI is InChI=1S/C14H20ClNO2/c1-11(2)16(14(18)7-4-8-17)10-12-5-3-6-13(15)9-12/h3,5-6,9,11,17H,4,7-8,10H2,1-2H3. The lowest BCUT2D eigenvalue weighted by molar-refractivity contribution is -0.133. The molecule has 0 bridgehead atoms. The van der Waals surface area contributed by atoms with Crippen LogP contribution < -0.4 is 0 Å². The molecule has 0 saturated heterocycles. The van der Waals surface area contributed by atoms with Crippen molar-refractivity contribution >= 4 is 17.5 Å². The molecule has 0 spiro atoms. The van der Waals surface area contributed by atoms with Gasteiger partial charge in [0.05, 0.1) is 0 Å². The Morgan fingerprint density at radius 1 is 1.44 bits per heavy atom. The summed E-state index contributed by atoms with van der Waals surface area (Å²) in [5.41, 5.74) is 1.02. The summed E-state index contributed by atoms with van der Waals surface area (Å²) >= 11 is 5.93. The van der Waals surface area contributed by atoms with Crippen molar-refractivity contribution in [2.75, 3.05) is 6.61 Å². The second-order valence-corrected chi connectivity index (χ2v) is 5.01. The molecular weight excluding hydrogens is 250 g/mol. The Bertz CT molecular complexity index is 393. The molecule has 0 radical (unpaired) electrons. The Kier molecular flexibility index (Phi) is 6.16. The molecule has 0 heterocycles. The second kappa shape index (κ2) is 7.39. The van der Waals surface area contributed by atoms with Gasteiger partial charge in [0.1, 0.15) is 0 Å². The lowest BCUT2D eigenvalue weighted by Crippen LogP contribution is -2.36. The monoisotopic (exact) mass is 269 g/mol. The van der Waals surface area contributed by atoms with E-state index in [-0.39, 0.29) is 18.6 Å². The van der Waals surface area contributed by atoms with Crippen LogP contribution in [-0.4, -0.2) is 28.6 Å². The predicted octanol–water partition coefficient (Wildman–Crippen LogP) is 2.85. The van der Waals surface area contributed by atoms with Gasteiger partial charge in [-0.05, 0) is 38.0 Å². The summed E-state index contributed by atoms with van der Waals surface area (Å²) in [4.78, 5) is 13.8. The van der Waals surface area contributed by atoms with Crippen LogP contribution in [0.25, 0.3) is 0 Å². The van der Waals surface area contributed by atoms with E-state index in [1.54, 1.807) is 4.90 Å². The zero-order valence-electron chi connectivity index (χ0n) is 10.9. The van der Waals surface area contributed by atoms with E-state index in [1.807, 2.05) is 38.1 Å². The van der Waals surface area contributed by atoms with E-state index in [1.165, 1.54) is 0 Å². The SMILES string of the molecule is CC(C)N(Cc1cccc(Cl)c1)C(=O)CCCO. The van der Waals surface area contributed by atoms with Crippen molar-refractivity contribution in [3.05, 3.63) is 34.9 Å². The van der Waals surface area contributed by atoms with Gasteiger partial charge < -0.3 is 10.0 Å². The number of benzene rings is 1. The van der Waals surface area contributed by atoms with Gasteiger partial charge in [0.15, 0.2) is 0 Å². The van der Waals surface area contributed by atoms with E-state index in [0.717, 1.165) is 5.56 Å². The van der Waals surface area contributed by atoms with E-state index < -0.39 is 0 Å². The molecule has 0 aliphatic heterocycles. The molecule has 0 fully saturated rings.